The summed E-state index contributed by atoms with van der Waals surface area (Å²) < 4.78 is 36.1. The molecule has 0 spiro atoms. The molecule has 1 heterocycles. The van der Waals surface area contributed by atoms with Gasteiger partial charge in [-0.15, -0.1) is 0 Å². The number of hydrogen-bond donors (Lipinski definition) is 2. The van der Waals surface area contributed by atoms with Crippen LogP contribution < -0.4 is 15.4 Å². The van der Waals surface area contributed by atoms with Crippen LogP contribution in [0.25, 0.3) is 11.6 Å². The molecule has 9 heteroatoms. The zero-order chi connectivity index (χ0) is 26.6. The Morgan fingerprint density at radius 1 is 1.00 bits per heavy atom. The first-order chi connectivity index (χ1) is 17.8. The van der Waals surface area contributed by atoms with Crippen molar-refractivity contribution in [3.63, 3.8) is 0 Å². The molecule has 2 aliphatic rings. The van der Waals surface area contributed by atoms with E-state index < -0.39 is 15.7 Å². The molecule has 1 unspecified atom stereocenters. The van der Waals surface area contributed by atoms with E-state index in [4.69, 9.17) is 9.47 Å². The summed E-state index contributed by atoms with van der Waals surface area (Å²) in [5, 5.41) is 5.45. The maximum absolute atomic E-state index is 12.8. The summed E-state index contributed by atoms with van der Waals surface area (Å²) in [6, 6.07) is 12.1. The molecule has 1 atom stereocenters. The minimum Gasteiger partial charge on any atom is -0.497 e. The van der Waals surface area contributed by atoms with Crippen LogP contribution in [0.2, 0.25) is 0 Å². The molecule has 198 valence electrons. The van der Waals surface area contributed by atoms with E-state index in [9.17, 15) is 18.0 Å². The number of carbonyl (C=O) groups excluding carboxylic acids is 2. The Morgan fingerprint density at radius 2 is 1.70 bits per heavy atom. The highest BCUT2D eigenvalue weighted by Gasteiger charge is 2.34. The molecule has 1 aliphatic heterocycles. The van der Waals surface area contributed by atoms with Crippen molar-refractivity contribution < 1.29 is 30.3 Å². The third-order valence-corrected chi connectivity index (χ3v) is 8.24. The molecule has 0 bridgehead atoms. The number of hydrogen-bond acceptors (Lipinski definition) is 6. The summed E-state index contributed by atoms with van der Waals surface area (Å²) in [6.07, 6.45) is 6.81. The SMILES string of the molecule is COC1=C(c2ccc(C(=O)NCCCNC(=O)C3=Cc4ccc(OC)cc4S3(=O)=O)cc2)C(C)CC=C1.[HH].[HH]. The largest absolute Gasteiger partial charge is 0.497 e. The zero-order valence-corrected chi connectivity index (χ0v) is 21.9. The first-order valence-corrected chi connectivity index (χ1v) is 13.5. The number of allylic oxidation sites excluding steroid dienone is 3. The molecule has 0 fully saturated rings. The predicted octanol–water partition coefficient (Wildman–Crippen LogP) is 4.21. The molecule has 1 aliphatic carbocycles. The van der Waals surface area contributed by atoms with E-state index in [1.54, 1.807) is 31.4 Å². The third kappa shape index (κ3) is 5.46. The van der Waals surface area contributed by atoms with Crippen molar-refractivity contribution in [2.75, 3.05) is 27.3 Å². The van der Waals surface area contributed by atoms with Crippen LogP contribution in [0.4, 0.5) is 0 Å². The first-order valence-electron chi connectivity index (χ1n) is 12.0. The summed E-state index contributed by atoms with van der Waals surface area (Å²) in [7, 11) is -0.804. The van der Waals surface area contributed by atoms with Crippen LogP contribution in [-0.4, -0.2) is 47.5 Å². The number of benzene rings is 2. The van der Waals surface area contributed by atoms with E-state index in [1.807, 2.05) is 18.2 Å². The van der Waals surface area contributed by atoms with Gasteiger partial charge in [-0.05, 0) is 72.4 Å². The van der Waals surface area contributed by atoms with Crippen LogP contribution in [0.1, 0.15) is 44.1 Å². The molecule has 2 amide bonds. The fourth-order valence-corrected chi connectivity index (χ4v) is 5.98. The number of fused-ring (bicyclic) bond motifs is 1. The highest BCUT2D eigenvalue weighted by Crippen LogP contribution is 2.35. The third-order valence-electron chi connectivity index (χ3n) is 6.43. The first kappa shape index (κ1) is 26.2. The average molecular weight is 527 g/mol. The second-order valence-electron chi connectivity index (χ2n) is 8.88. The van der Waals surface area contributed by atoms with Gasteiger partial charge in [0.25, 0.3) is 11.8 Å². The number of methoxy groups -OCH3 is 2. The van der Waals surface area contributed by atoms with Crippen molar-refractivity contribution in [1.29, 1.82) is 0 Å². The predicted molar refractivity (Wildman–Crippen MR) is 146 cm³/mol. The van der Waals surface area contributed by atoms with E-state index in [-0.39, 0.29) is 25.1 Å². The van der Waals surface area contributed by atoms with Gasteiger partial charge >= 0.3 is 0 Å². The Labute approximate surface area is 219 Å². The number of sulfone groups is 1. The van der Waals surface area contributed by atoms with Gasteiger partial charge in [-0.25, -0.2) is 8.42 Å². The Morgan fingerprint density at radius 3 is 2.38 bits per heavy atom. The maximum atomic E-state index is 12.8. The summed E-state index contributed by atoms with van der Waals surface area (Å²) in [6.45, 7) is 2.68. The Kier molecular flexibility index (Phi) is 7.83. The average Bonchev–Trinajstić information content (AvgIpc) is 3.17. The summed E-state index contributed by atoms with van der Waals surface area (Å²) in [4.78, 5) is 24.8. The molecule has 2 aromatic rings. The lowest BCUT2D eigenvalue weighted by Crippen LogP contribution is -2.31. The quantitative estimate of drug-likeness (QED) is 0.474. The summed E-state index contributed by atoms with van der Waals surface area (Å²) in [5.41, 5.74) is 3.12. The molecule has 2 N–H and O–H groups in total. The van der Waals surface area contributed by atoms with Crippen molar-refractivity contribution in [3.05, 3.63) is 82.0 Å². The highest BCUT2D eigenvalue weighted by molar-refractivity contribution is 7.96. The number of nitrogens with one attached hydrogen (secondary N) is 2. The van der Waals surface area contributed by atoms with E-state index in [0.29, 0.717) is 35.8 Å². The standard InChI is InChI=1S/C28H30N2O6S.2H2/c1-18-6-4-7-23(36-3)26(18)19-8-10-20(11-9-19)27(31)29-14-5-15-30-28(32)25-16-21-12-13-22(35-2)17-24(21)37(25,33)34;;/h4,7-13,16-18H,5-6,14-15H2,1-3H3,(H,29,31)(H,30,32);2*1H. The van der Waals surface area contributed by atoms with Crippen LogP contribution in [0.3, 0.4) is 0 Å². The number of amides is 2. The van der Waals surface area contributed by atoms with Gasteiger partial charge in [-0.1, -0.05) is 25.1 Å². The van der Waals surface area contributed by atoms with Crippen molar-refractivity contribution in [2.45, 2.75) is 24.7 Å². The van der Waals surface area contributed by atoms with Crippen LogP contribution in [-0.2, 0) is 19.4 Å². The minimum absolute atomic E-state index is 0. The monoisotopic (exact) mass is 526 g/mol. The van der Waals surface area contributed by atoms with E-state index in [0.717, 1.165) is 23.3 Å². The van der Waals surface area contributed by atoms with Gasteiger partial charge in [0, 0.05) is 27.1 Å². The number of rotatable bonds is 9. The molecular formula is C28H34N2O6S. The highest BCUT2D eigenvalue weighted by atomic mass is 32.2. The number of ether oxygens (including phenoxy) is 2. The van der Waals surface area contributed by atoms with Gasteiger partial charge < -0.3 is 20.1 Å². The molecule has 37 heavy (non-hydrogen) atoms. The van der Waals surface area contributed by atoms with E-state index in [2.05, 4.69) is 23.6 Å². The van der Waals surface area contributed by atoms with Crippen molar-refractivity contribution in [2.24, 2.45) is 5.92 Å². The van der Waals surface area contributed by atoms with Gasteiger partial charge in [0.05, 0.1) is 19.1 Å². The Balaban J connectivity index is 0.00000267. The van der Waals surface area contributed by atoms with E-state index in [1.165, 1.54) is 19.3 Å². The Hall–Kier alpha value is -3.85. The normalized spacial score (nSPS) is 17.6. The molecule has 4 rings (SSSR count). The molecule has 0 aromatic heterocycles. The van der Waals surface area contributed by atoms with Crippen molar-refractivity contribution >= 4 is 33.3 Å². The van der Waals surface area contributed by atoms with Crippen molar-refractivity contribution in [3.8, 4) is 5.75 Å². The number of carbonyl (C=O) groups is 2. The van der Waals surface area contributed by atoms with Gasteiger partial charge in [-0.3, -0.25) is 9.59 Å². The van der Waals surface area contributed by atoms with Gasteiger partial charge in [-0.2, -0.15) is 0 Å². The van der Waals surface area contributed by atoms with E-state index >= 15 is 0 Å². The summed E-state index contributed by atoms with van der Waals surface area (Å²) in [5.74, 6) is 0.666. The molecule has 0 radical (unpaired) electrons. The molecule has 8 nitrogen and oxygen atoms in total. The van der Waals surface area contributed by atoms with Crippen LogP contribution in [0, 0.1) is 5.92 Å². The molecule has 0 saturated heterocycles. The van der Waals surface area contributed by atoms with Crippen LogP contribution in [0.5, 0.6) is 5.75 Å². The summed E-state index contributed by atoms with van der Waals surface area (Å²) >= 11 is 0. The van der Waals surface area contributed by atoms with Crippen molar-refractivity contribution in [1.82, 2.24) is 10.6 Å². The van der Waals surface area contributed by atoms with Crippen LogP contribution in [0.15, 0.2) is 70.2 Å². The van der Waals surface area contributed by atoms with Gasteiger partial charge in [0.15, 0.2) is 0 Å². The fourth-order valence-electron chi connectivity index (χ4n) is 4.44. The molecule has 2 aromatic carbocycles. The lowest BCUT2D eigenvalue weighted by Gasteiger charge is -2.21. The fraction of sp³-hybridized carbons (Fsp3) is 0.286. The minimum atomic E-state index is -3.91. The lowest BCUT2D eigenvalue weighted by molar-refractivity contribution is -0.116. The zero-order valence-electron chi connectivity index (χ0n) is 21.0. The second kappa shape index (κ2) is 11.0. The van der Waals surface area contributed by atoms with Crippen LogP contribution >= 0.6 is 0 Å². The lowest BCUT2D eigenvalue weighted by atomic mass is 9.87. The van der Waals surface area contributed by atoms with Gasteiger partial charge in [0.1, 0.15) is 16.4 Å². The van der Waals surface area contributed by atoms with Gasteiger partial charge in [0.2, 0.25) is 9.84 Å². The smallest absolute Gasteiger partial charge is 0.263 e. The second-order valence-corrected chi connectivity index (χ2v) is 10.8. The molecule has 0 saturated carbocycles. The topological polar surface area (TPSA) is 111 Å². The Bertz CT molecular complexity index is 1420. The molecular weight excluding hydrogens is 492 g/mol. The maximum Gasteiger partial charge on any atom is 0.263 e.